The second-order valence-corrected chi connectivity index (χ2v) is 4.77. The molecule has 6 nitrogen and oxygen atoms in total. The van der Waals surface area contributed by atoms with Crippen molar-refractivity contribution in [1.82, 2.24) is 4.90 Å². The Balaban J connectivity index is 2.35. The van der Waals surface area contributed by atoms with Gasteiger partial charge in [-0.05, 0) is 32.1 Å². The molecule has 0 atom stereocenters. The molecule has 6 heteroatoms. The summed E-state index contributed by atoms with van der Waals surface area (Å²) in [5.41, 5.74) is 1.08. The van der Waals surface area contributed by atoms with Crippen LogP contribution in [0.5, 0.6) is 0 Å². The molecule has 0 aliphatic carbocycles. The molecule has 0 saturated carbocycles. The lowest BCUT2D eigenvalue weighted by atomic mass is 10.1. The quantitative estimate of drug-likeness (QED) is 0.470. The van der Waals surface area contributed by atoms with Crippen molar-refractivity contribution in [3.8, 4) is 0 Å². The molecular formula is C13H17N3O3. The maximum absolute atomic E-state index is 11.1. The molecule has 0 bridgehead atoms. The number of nitrogens with zero attached hydrogens (tertiary/aromatic N) is 3. The van der Waals surface area contributed by atoms with Crippen molar-refractivity contribution in [2.75, 3.05) is 38.1 Å². The molecule has 0 radical (unpaired) electrons. The third kappa shape index (κ3) is 3.08. The zero-order valence-electron chi connectivity index (χ0n) is 10.9. The molecule has 1 saturated heterocycles. The number of benzene rings is 1. The largest absolute Gasteiger partial charge is 0.365 e. The molecule has 1 aromatic rings. The van der Waals surface area contributed by atoms with Gasteiger partial charge in [-0.15, -0.1) is 0 Å². The lowest BCUT2D eigenvalue weighted by Crippen LogP contribution is -2.29. The number of rotatable bonds is 3. The minimum absolute atomic E-state index is 0.0650. The Labute approximate surface area is 111 Å². The van der Waals surface area contributed by atoms with Crippen LogP contribution >= 0.6 is 0 Å². The number of nitro benzene ring substituents is 1. The molecule has 0 amide bonds. The van der Waals surface area contributed by atoms with Gasteiger partial charge in [0.25, 0.3) is 5.69 Å². The van der Waals surface area contributed by atoms with Gasteiger partial charge in [0.15, 0.2) is 0 Å². The highest BCUT2D eigenvalue weighted by Crippen LogP contribution is 2.29. The van der Waals surface area contributed by atoms with Crippen molar-refractivity contribution in [1.29, 1.82) is 0 Å². The molecule has 1 fully saturated rings. The van der Waals surface area contributed by atoms with Crippen molar-refractivity contribution in [3.05, 3.63) is 33.9 Å². The third-order valence-corrected chi connectivity index (χ3v) is 3.39. The number of nitro groups is 1. The normalized spacial score (nSPS) is 17.0. The van der Waals surface area contributed by atoms with Crippen LogP contribution in [-0.2, 0) is 0 Å². The molecule has 1 heterocycles. The standard InChI is InChI=1S/C13H17N3O3/c1-14-5-2-6-15(8-7-14)13-9-11(10-17)3-4-12(13)16(18)19/h3-4,9-10H,2,5-8H2,1H3. The van der Waals surface area contributed by atoms with E-state index in [1.165, 1.54) is 12.1 Å². The van der Waals surface area contributed by atoms with Gasteiger partial charge in [-0.2, -0.15) is 0 Å². The van der Waals surface area contributed by atoms with Gasteiger partial charge >= 0.3 is 0 Å². The number of carbonyl (C=O) groups excluding carboxylic acids is 1. The molecule has 19 heavy (non-hydrogen) atoms. The van der Waals surface area contributed by atoms with E-state index in [-0.39, 0.29) is 5.69 Å². The van der Waals surface area contributed by atoms with Crippen LogP contribution in [0.1, 0.15) is 16.8 Å². The van der Waals surface area contributed by atoms with Crippen LogP contribution in [0.3, 0.4) is 0 Å². The van der Waals surface area contributed by atoms with Crippen LogP contribution in [0, 0.1) is 10.1 Å². The molecule has 1 aliphatic heterocycles. The van der Waals surface area contributed by atoms with E-state index in [1.54, 1.807) is 6.07 Å². The number of hydrogen-bond acceptors (Lipinski definition) is 5. The smallest absolute Gasteiger partial charge is 0.292 e. The Morgan fingerprint density at radius 3 is 2.74 bits per heavy atom. The molecule has 0 N–H and O–H groups in total. The first kappa shape index (κ1) is 13.5. The molecule has 1 aromatic carbocycles. The van der Waals surface area contributed by atoms with E-state index in [2.05, 4.69) is 4.90 Å². The Kier molecular flexibility index (Phi) is 4.11. The van der Waals surface area contributed by atoms with Crippen LogP contribution in [0.2, 0.25) is 0 Å². The van der Waals surface area contributed by atoms with E-state index in [0.717, 1.165) is 38.9 Å². The SMILES string of the molecule is CN1CCCN(c2cc(C=O)ccc2[N+](=O)[O-])CC1. The van der Waals surface area contributed by atoms with E-state index in [1.807, 2.05) is 11.9 Å². The van der Waals surface area contributed by atoms with Crippen LogP contribution < -0.4 is 4.90 Å². The maximum atomic E-state index is 11.1. The lowest BCUT2D eigenvalue weighted by molar-refractivity contribution is -0.384. The number of aldehydes is 1. The Bertz CT molecular complexity index is 490. The first-order valence-corrected chi connectivity index (χ1v) is 6.29. The second kappa shape index (κ2) is 5.79. The van der Waals surface area contributed by atoms with Gasteiger partial charge in [-0.1, -0.05) is 0 Å². The topological polar surface area (TPSA) is 66.7 Å². The number of likely N-dealkylation sites (N-methyl/N-ethyl adjacent to an activating group) is 1. The van der Waals surface area contributed by atoms with Crippen LogP contribution in [0.15, 0.2) is 18.2 Å². The summed E-state index contributed by atoms with van der Waals surface area (Å²) in [4.78, 5) is 25.7. The highest BCUT2D eigenvalue weighted by Gasteiger charge is 2.21. The fourth-order valence-electron chi connectivity index (χ4n) is 2.31. The zero-order valence-corrected chi connectivity index (χ0v) is 10.9. The summed E-state index contributed by atoms with van der Waals surface area (Å²) < 4.78 is 0. The van der Waals surface area contributed by atoms with Gasteiger partial charge < -0.3 is 9.80 Å². The van der Waals surface area contributed by atoms with E-state index < -0.39 is 4.92 Å². The number of hydrogen-bond donors (Lipinski definition) is 0. The first-order chi connectivity index (χ1) is 9.11. The van der Waals surface area contributed by atoms with Gasteiger partial charge in [-0.3, -0.25) is 14.9 Å². The second-order valence-electron chi connectivity index (χ2n) is 4.77. The van der Waals surface area contributed by atoms with Crippen molar-refractivity contribution in [2.45, 2.75) is 6.42 Å². The highest BCUT2D eigenvalue weighted by atomic mass is 16.6. The van der Waals surface area contributed by atoms with Crippen molar-refractivity contribution in [2.24, 2.45) is 0 Å². The monoisotopic (exact) mass is 263 g/mol. The minimum atomic E-state index is -0.390. The molecule has 102 valence electrons. The average molecular weight is 263 g/mol. The van der Waals surface area contributed by atoms with E-state index in [9.17, 15) is 14.9 Å². The van der Waals surface area contributed by atoms with Gasteiger partial charge in [0.05, 0.1) is 4.92 Å². The Hall–Kier alpha value is -1.95. The molecule has 2 rings (SSSR count). The fraction of sp³-hybridized carbons (Fsp3) is 0.462. The summed E-state index contributed by atoms with van der Waals surface area (Å²) in [6.07, 6.45) is 1.68. The van der Waals surface area contributed by atoms with E-state index >= 15 is 0 Å². The average Bonchev–Trinajstić information content (AvgIpc) is 2.62. The molecule has 1 aliphatic rings. The minimum Gasteiger partial charge on any atom is -0.365 e. The predicted molar refractivity (Wildman–Crippen MR) is 72.8 cm³/mol. The highest BCUT2D eigenvalue weighted by molar-refractivity contribution is 5.80. The summed E-state index contributed by atoms with van der Waals surface area (Å²) >= 11 is 0. The third-order valence-electron chi connectivity index (χ3n) is 3.39. The number of anilines is 1. The van der Waals surface area contributed by atoms with Crippen LogP contribution in [0.4, 0.5) is 11.4 Å². The Morgan fingerprint density at radius 1 is 1.26 bits per heavy atom. The molecular weight excluding hydrogens is 246 g/mol. The summed E-state index contributed by atoms with van der Waals surface area (Å²) in [6, 6.07) is 4.50. The fourth-order valence-corrected chi connectivity index (χ4v) is 2.31. The van der Waals surface area contributed by atoms with Crippen molar-refractivity contribution < 1.29 is 9.72 Å². The van der Waals surface area contributed by atoms with Crippen molar-refractivity contribution in [3.63, 3.8) is 0 Å². The summed E-state index contributed by atoms with van der Waals surface area (Å²) in [5, 5.41) is 11.1. The maximum Gasteiger partial charge on any atom is 0.292 e. The van der Waals surface area contributed by atoms with Gasteiger partial charge in [-0.25, -0.2) is 0 Å². The lowest BCUT2D eigenvalue weighted by Gasteiger charge is -2.22. The number of carbonyl (C=O) groups is 1. The zero-order chi connectivity index (χ0) is 13.8. The van der Waals surface area contributed by atoms with E-state index in [0.29, 0.717) is 11.3 Å². The Morgan fingerprint density at radius 2 is 2.05 bits per heavy atom. The van der Waals surface area contributed by atoms with Gasteiger partial charge in [0.1, 0.15) is 12.0 Å². The van der Waals surface area contributed by atoms with Crippen molar-refractivity contribution >= 4 is 17.7 Å². The van der Waals surface area contributed by atoms with Crippen LogP contribution in [-0.4, -0.2) is 49.3 Å². The molecule has 0 spiro atoms. The first-order valence-electron chi connectivity index (χ1n) is 6.29. The van der Waals surface area contributed by atoms with Gasteiger partial charge in [0.2, 0.25) is 0 Å². The predicted octanol–water partition coefficient (Wildman–Crippen LogP) is 1.55. The summed E-state index contributed by atoms with van der Waals surface area (Å²) in [6.45, 7) is 3.35. The summed E-state index contributed by atoms with van der Waals surface area (Å²) in [5.74, 6) is 0. The van der Waals surface area contributed by atoms with Crippen LogP contribution in [0.25, 0.3) is 0 Å². The van der Waals surface area contributed by atoms with E-state index in [4.69, 9.17) is 0 Å². The van der Waals surface area contributed by atoms with Gasteiger partial charge in [0, 0.05) is 31.3 Å². The summed E-state index contributed by atoms with van der Waals surface area (Å²) in [7, 11) is 2.04. The molecule has 0 unspecified atom stereocenters. The molecule has 0 aromatic heterocycles.